The summed E-state index contributed by atoms with van der Waals surface area (Å²) in [6.45, 7) is 2.20. The van der Waals surface area contributed by atoms with Crippen molar-refractivity contribution >= 4 is 17.6 Å². The van der Waals surface area contributed by atoms with Gasteiger partial charge in [0, 0.05) is 5.02 Å². The summed E-state index contributed by atoms with van der Waals surface area (Å²) < 4.78 is 11.0. The maximum atomic E-state index is 11.8. The van der Waals surface area contributed by atoms with Gasteiger partial charge in [0.15, 0.2) is 0 Å². The second kappa shape index (κ2) is 7.31. The van der Waals surface area contributed by atoms with Crippen LogP contribution in [0.3, 0.4) is 0 Å². The van der Waals surface area contributed by atoms with E-state index in [1.807, 2.05) is 19.2 Å². The highest BCUT2D eigenvalue weighted by molar-refractivity contribution is 6.30. The van der Waals surface area contributed by atoms with Crippen molar-refractivity contribution < 1.29 is 14.3 Å². The van der Waals surface area contributed by atoms with Gasteiger partial charge in [-0.1, -0.05) is 23.7 Å². The lowest BCUT2D eigenvalue weighted by Gasteiger charge is -2.14. The van der Waals surface area contributed by atoms with Gasteiger partial charge in [0.25, 0.3) is 0 Å². The van der Waals surface area contributed by atoms with E-state index in [1.54, 1.807) is 24.3 Å². The molecular weight excluding hydrogens is 278 g/mol. The number of rotatable bonds is 5. The lowest BCUT2D eigenvalue weighted by molar-refractivity contribution is -0.0131. The molecule has 0 aromatic heterocycles. The van der Waals surface area contributed by atoms with Crippen molar-refractivity contribution in [2.45, 2.75) is 32.1 Å². The van der Waals surface area contributed by atoms with Gasteiger partial charge in [-0.3, -0.25) is 0 Å². The minimum atomic E-state index is -0.374. The van der Waals surface area contributed by atoms with Crippen LogP contribution in [0.25, 0.3) is 0 Å². The quantitative estimate of drug-likeness (QED) is 0.848. The molecule has 2 atom stereocenters. The van der Waals surface area contributed by atoms with Gasteiger partial charge < -0.3 is 14.8 Å². The third-order valence-electron chi connectivity index (χ3n) is 3.02. The van der Waals surface area contributed by atoms with E-state index in [0.29, 0.717) is 10.6 Å². The van der Waals surface area contributed by atoms with Crippen molar-refractivity contribution in [3.8, 4) is 0 Å². The number of halogens is 1. The molecule has 108 valence electrons. The van der Waals surface area contributed by atoms with Crippen LogP contribution in [0.2, 0.25) is 5.02 Å². The van der Waals surface area contributed by atoms with Crippen LogP contribution < -0.4 is 5.32 Å². The van der Waals surface area contributed by atoms with Crippen molar-refractivity contribution in [3.05, 3.63) is 47.1 Å². The Morgan fingerprint density at radius 1 is 1.55 bits per heavy atom. The fourth-order valence-electron chi connectivity index (χ4n) is 2.02. The van der Waals surface area contributed by atoms with E-state index in [2.05, 4.69) is 5.32 Å². The van der Waals surface area contributed by atoms with Crippen LogP contribution in [0.15, 0.2) is 36.5 Å². The van der Waals surface area contributed by atoms with E-state index in [9.17, 15) is 4.79 Å². The van der Waals surface area contributed by atoms with Crippen LogP contribution in [-0.4, -0.2) is 24.9 Å². The highest BCUT2D eigenvalue weighted by Gasteiger charge is 2.25. The minimum Gasteiger partial charge on any atom is -0.459 e. The maximum absolute atomic E-state index is 11.8. The van der Waals surface area contributed by atoms with Gasteiger partial charge in [0.2, 0.25) is 0 Å². The zero-order valence-electron chi connectivity index (χ0n) is 11.3. The smallest absolute Gasteiger partial charge is 0.338 e. The number of hydrogen-bond acceptors (Lipinski definition) is 4. The molecular formula is C15H18ClNO3. The Kier molecular flexibility index (Phi) is 5.44. The molecule has 1 aromatic carbocycles. The SMILES string of the molecule is C/C=C\N[C@H]1CCC(COC(=O)c2cccc(Cl)c2)O1. The number of nitrogens with one attached hydrogen (secondary N) is 1. The molecule has 0 spiro atoms. The number of ether oxygens (including phenoxy) is 2. The zero-order valence-corrected chi connectivity index (χ0v) is 12.1. The summed E-state index contributed by atoms with van der Waals surface area (Å²) in [7, 11) is 0. The molecule has 0 bridgehead atoms. The second-order valence-electron chi connectivity index (χ2n) is 4.60. The van der Waals surface area contributed by atoms with E-state index < -0.39 is 0 Å². The van der Waals surface area contributed by atoms with E-state index in [-0.39, 0.29) is 24.9 Å². The predicted octanol–water partition coefficient (Wildman–Crippen LogP) is 3.13. The summed E-state index contributed by atoms with van der Waals surface area (Å²) in [4.78, 5) is 11.8. The van der Waals surface area contributed by atoms with Crippen LogP contribution in [-0.2, 0) is 9.47 Å². The van der Waals surface area contributed by atoms with Crippen molar-refractivity contribution in [1.82, 2.24) is 5.32 Å². The average molecular weight is 296 g/mol. The van der Waals surface area contributed by atoms with Gasteiger partial charge in [0.1, 0.15) is 12.8 Å². The number of esters is 1. The lowest BCUT2D eigenvalue weighted by atomic mass is 10.2. The van der Waals surface area contributed by atoms with Crippen molar-refractivity contribution in [1.29, 1.82) is 0 Å². The first-order chi connectivity index (χ1) is 9.69. The normalized spacial score (nSPS) is 22.1. The Labute approximate surface area is 123 Å². The number of allylic oxidation sites excluding steroid dienone is 1. The zero-order chi connectivity index (χ0) is 14.4. The predicted molar refractivity (Wildman–Crippen MR) is 77.6 cm³/mol. The van der Waals surface area contributed by atoms with Crippen LogP contribution in [0, 0.1) is 0 Å². The minimum absolute atomic E-state index is 0.000992. The van der Waals surface area contributed by atoms with Crippen LogP contribution in [0.5, 0.6) is 0 Å². The van der Waals surface area contributed by atoms with Crippen LogP contribution >= 0.6 is 11.6 Å². The Hall–Kier alpha value is -1.52. The van der Waals surface area contributed by atoms with Gasteiger partial charge in [-0.25, -0.2) is 4.79 Å². The molecule has 1 heterocycles. The Balaban J connectivity index is 1.77. The van der Waals surface area contributed by atoms with Gasteiger partial charge in [-0.05, 0) is 44.2 Å². The number of benzene rings is 1. The molecule has 1 unspecified atom stereocenters. The molecule has 1 fully saturated rings. The highest BCUT2D eigenvalue weighted by Crippen LogP contribution is 2.19. The van der Waals surface area contributed by atoms with E-state index in [1.165, 1.54) is 0 Å². The number of hydrogen-bond donors (Lipinski definition) is 1. The molecule has 0 radical (unpaired) electrons. The number of carbonyl (C=O) groups is 1. The molecule has 0 aliphatic carbocycles. The monoisotopic (exact) mass is 295 g/mol. The summed E-state index contributed by atoms with van der Waals surface area (Å²) in [6.07, 6.45) is 5.49. The van der Waals surface area contributed by atoms with Gasteiger partial charge in [-0.2, -0.15) is 0 Å². The molecule has 1 saturated heterocycles. The highest BCUT2D eigenvalue weighted by atomic mass is 35.5. The summed E-state index contributed by atoms with van der Waals surface area (Å²) in [5.41, 5.74) is 0.457. The maximum Gasteiger partial charge on any atom is 0.338 e. The average Bonchev–Trinajstić information content (AvgIpc) is 2.90. The lowest BCUT2D eigenvalue weighted by Crippen LogP contribution is -2.26. The third kappa shape index (κ3) is 4.25. The molecule has 2 rings (SSSR count). The van der Waals surface area contributed by atoms with E-state index in [0.717, 1.165) is 12.8 Å². The molecule has 1 aliphatic rings. The number of carbonyl (C=O) groups excluding carboxylic acids is 1. The van der Waals surface area contributed by atoms with Crippen molar-refractivity contribution in [2.75, 3.05) is 6.61 Å². The fraction of sp³-hybridized carbons (Fsp3) is 0.400. The topological polar surface area (TPSA) is 47.6 Å². The van der Waals surface area contributed by atoms with Gasteiger partial charge in [0.05, 0.1) is 11.7 Å². The van der Waals surface area contributed by atoms with Gasteiger partial charge >= 0.3 is 5.97 Å². The van der Waals surface area contributed by atoms with E-state index >= 15 is 0 Å². The molecule has 1 aromatic rings. The molecule has 1 N–H and O–H groups in total. The van der Waals surface area contributed by atoms with Gasteiger partial charge in [-0.15, -0.1) is 0 Å². The first kappa shape index (κ1) is 14.9. The summed E-state index contributed by atoms with van der Waals surface area (Å²) in [6, 6.07) is 6.72. The van der Waals surface area contributed by atoms with Crippen molar-refractivity contribution in [2.24, 2.45) is 0 Å². The van der Waals surface area contributed by atoms with Crippen LogP contribution in [0.4, 0.5) is 0 Å². The summed E-state index contributed by atoms with van der Waals surface area (Å²) in [5, 5.41) is 3.65. The first-order valence-corrected chi connectivity index (χ1v) is 7.02. The third-order valence-corrected chi connectivity index (χ3v) is 3.25. The molecule has 0 amide bonds. The molecule has 5 heteroatoms. The Morgan fingerprint density at radius 3 is 3.15 bits per heavy atom. The fourth-order valence-corrected chi connectivity index (χ4v) is 2.21. The van der Waals surface area contributed by atoms with Crippen LogP contribution in [0.1, 0.15) is 30.1 Å². The van der Waals surface area contributed by atoms with E-state index in [4.69, 9.17) is 21.1 Å². The standard InChI is InChI=1S/C15H18ClNO3/c1-2-8-17-14-7-6-13(20-14)10-19-15(18)11-4-3-5-12(16)9-11/h2-5,8-9,13-14,17H,6-7,10H2,1H3/b8-2-/t13?,14-/m1/s1. The summed E-state index contributed by atoms with van der Waals surface area (Å²) >= 11 is 5.84. The largest absolute Gasteiger partial charge is 0.459 e. The van der Waals surface area contributed by atoms with Crippen molar-refractivity contribution in [3.63, 3.8) is 0 Å². The molecule has 4 nitrogen and oxygen atoms in total. The molecule has 0 saturated carbocycles. The Bertz CT molecular complexity index is 490. The first-order valence-electron chi connectivity index (χ1n) is 6.64. The molecule has 20 heavy (non-hydrogen) atoms. The second-order valence-corrected chi connectivity index (χ2v) is 5.04. The summed E-state index contributed by atoms with van der Waals surface area (Å²) in [5.74, 6) is -0.374. The Morgan fingerprint density at radius 2 is 2.40 bits per heavy atom. The molecule has 1 aliphatic heterocycles.